The van der Waals surface area contributed by atoms with Crippen LogP contribution in [0, 0.1) is 5.82 Å². The minimum Gasteiger partial charge on any atom is -0.352 e. The summed E-state index contributed by atoms with van der Waals surface area (Å²) >= 11 is 5.93. The summed E-state index contributed by atoms with van der Waals surface area (Å²) in [5.41, 5.74) is 1.52. The van der Waals surface area contributed by atoms with Crippen LogP contribution in [0.25, 0.3) is 11.3 Å². The fourth-order valence-electron chi connectivity index (χ4n) is 2.93. The summed E-state index contributed by atoms with van der Waals surface area (Å²) in [4.78, 5) is 15.9. The van der Waals surface area contributed by atoms with Gasteiger partial charge in [-0.15, -0.1) is 0 Å². The van der Waals surface area contributed by atoms with Crippen molar-refractivity contribution < 1.29 is 4.39 Å². The van der Waals surface area contributed by atoms with Gasteiger partial charge in [0.1, 0.15) is 11.5 Å². The van der Waals surface area contributed by atoms with Gasteiger partial charge in [-0.3, -0.25) is 9.88 Å². The number of aromatic nitrogens is 2. The van der Waals surface area contributed by atoms with E-state index in [2.05, 4.69) is 38.8 Å². The summed E-state index contributed by atoms with van der Waals surface area (Å²) in [6.45, 7) is 5.91. The van der Waals surface area contributed by atoms with Gasteiger partial charge < -0.3 is 9.80 Å². The molecule has 0 bridgehead atoms. The number of likely N-dealkylation sites (N-methyl/N-ethyl adjacent to an activating group) is 1. The first-order chi connectivity index (χ1) is 12.0. The number of piperazine rings is 1. The highest BCUT2D eigenvalue weighted by Gasteiger charge is 2.21. The fourth-order valence-corrected chi connectivity index (χ4v) is 3.11. The van der Waals surface area contributed by atoms with Crippen LogP contribution in [-0.2, 0) is 0 Å². The Morgan fingerprint density at radius 3 is 2.52 bits per heavy atom. The third kappa shape index (κ3) is 4.45. The number of anilines is 1. The lowest BCUT2D eigenvalue weighted by Gasteiger charge is -2.36. The Balaban J connectivity index is 1.75. The molecule has 0 amide bonds. The molecule has 0 spiro atoms. The topological polar surface area (TPSA) is 35.5 Å². The number of benzene rings is 1. The van der Waals surface area contributed by atoms with Crippen molar-refractivity contribution in [3.63, 3.8) is 0 Å². The van der Waals surface area contributed by atoms with E-state index >= 15 is 0 Å². The van der Waals surface area contributed by atoms with Crippen molar-refractivity contribution in [3.05, 3.63) is 41.4 Å². The molecule has 0 atom stereocenters. The number of halogens is 2. The van der Waals surface area contributed by atoms with Crippen LogP contribution in [0.5, 0.6) is 0 Å². The second-order valence-electron chi connectivity index (χ2n) is 6.49. The zero-order valence-electron chi connectivity index (χ0n) is 14.6. The Hall–Kier alpha value is -1.76. The van der Waals surface area contributed by atoms with E-state index in [4.69, 9.17) is 11.6 Å². The fraction of sp³-hybridized carbons (Fsp3) is 0.444. The zero-order valence-corrected chi connectivity index (χ0v) is 15.4. The van der Waals surface area contributed by atoms with Gasteiger partial charge in [-0.25, -0.2) is 9.37 Å². The maximum atomic E-state index is 13.5. The van der Waals surface area contributed by atoms with Gasteiger partial charge in [-0.05, 0) is 32.3 Å². The molecule has 134 valence electrons. The molecule has 0 saturated carbocycles. The summed E-state index contributed by atoms with van der Waals surface area (Å²) in [6, 6.07) is 4.68. The van der Waals surface area contributed by atoms with Crippen molar-refractivity contribution in [1.82, 2.24) is 19.8 Å². The van der Waals surface area contributed by atoms with Gasteiger partial charge in [0.25, 0.3) is 0 Å². The molecule has 2 heterocycles. The van der Waals surface area contributed by atoms with Crippen LogP contribution in [0.3, 0.4) is 0 Å². The van der Waals surface area contributed by atoms with E-state index in [1.807, 2.05) is 0 Å². The molecule has 1 fully saturated rings. The van der Waals surface area contributed by atoms with E-state index in [9.17, 15) is 4.39 Å². The van der Waals surface area contributed by atoms with E-state index in [1.165, 1.54) is 6.07 Å². The van der Waals surface area contributed by atoms with Gasteiger partial charge in [0.05, 0.1) is 5.02 Å². The van der Waals surface area contributed by atoms with Crippen molar-refractivity contribution in [2.24, 2.45) is 0 Å². The lowest BCUT2D eigenvalue weighted by atomic mass is 10.1. The lowest BCUT2D eigenvalue weighted by molar-refractivity contribution is 0.229. The predicted molar refractivity (Wildman–Crippen MR) is 99.6 cm³/mol. The van der Waals surface area contributed by atoms with Crippen LogP contribution in [0.4, 0.5) is 10.2 Å². The quantitative estimate of drug-likeness (QED) is 0.816. The van der Waals surface area contributed by atoms with Gasteiger partial charge in [-0.2, -0.15) is 0 Å². The summed E-state index contributed by atoms with van der Waals surface area (Å²) in [6.07, 6.45) is 3.35. The maximum Gasteiger partial charge on any atom is 0.155 e. The normalized spacial score (nSPS) is 15.8. The molecule has 1 aromatic carbocycles. The van der Waals surface area contributed by atoms with Gasteiger partial charge >= 0.3 is 0 Å². The Morgan fingerprint density at radius 2 is 1.84 bits per heavy atom. The van der Waals surface area contributed by atoms with E-state index in [1.54, 1.807) is 24.5 Å². The average Bonchev–Trinajstić information content (AvgIpc) is 2.63. The first kappa shape index (κ1) is 18.0. The summed E-state index contributed by atoms with van der Waals surface area (Å²) < 4.78 is 13.5. The molecule has 1 aliphatic rings. The van der Waals surface area contributed by atoms with Crippen molar-refractivity contribution in [1.29, 1.82) is 0 Å². The van der Waals surface area contributed by atoms with Crippen LogP contribution in [0.2, 0.25) is 5.02 Å². The van der Waals surface area contributed by atoms with Crippen molar-refractivity contribution in [3.8, 4) is 11.3 Å². The standard InChI is InChI=1S/C18H23ClFN5/c1-23(2)7-8-24-9-11-25(12-10-24)18-17(21-5-6-22-18)14-3-4-16(20)15(19)13-14/h3-6,13H,7-12H2,1-2H3. The first-order valence-electron chi connectivity index (χ1n) is 8.43. The largest absolute Gasteiger partial charge is 0.352 e. The van der Waals surface area contributed by atoms with Crippen LogP contribution >= 0.6 is 11.6 Å². The summed E-state index contributed by atoms with van der Waals surface area (Å²) in [5, 5.41) is 0.0996. The van der Waals surface area contributed by atoms with Crippen molar-refractivity contribution >= 4 is 17.4 Å². The minimum absolute atomic E-state index is 0.0996. The average molecular weight is 364 g/mol. The smallest absolute Gasteiger partial charge is 0.155 e. The molecule has 2 aromatic rings. The van der Waals surface area contributed by atoms with Crippen LogP contribution < -0.4 is 4.90 Å². The molecular weight excluding hydrogens is 341 g/mol. The molecule has 1 saturated heterocycles. The third-order valence-corrected chi connectivity index (χ3v) is 4.70. The molecule has 7 heteroatoms. The van der Waals surface area contributed by atoms with Crippen LogP contribution in [0.15, 0.2) is 30.6 Å². The van der Waals surface area contributed by atoms with E-state index in [0.717, 1.165) is 56.3 Å². The maximum absolute atomic E-state index is 13.5. The molecule has 1 aliphatic heterocycles. The van der Waals surface area contributed by atoms with Gasteiger partial charge in [0.2, 0.25) is 0 Å². The Labute approximate surface area is 153 Å². The van der Waals surface area contributed by atoms with E-state index < -0.39 is 5.82 Å². The van der Waals surface area contributed by atoms with Gasteiger partial charge in [0, 0.05) is 57.2 Å². The molecule has 5 nitrogen and oxygen atoms in total. The Morgan fingerprint density at radius 1 is 1.12 bits per heavy atom. The molecule has 3 rings (SSSR count). The number of nitrogens with zero attached hydrogens (tertiary/aromatic N) is 5. The second kappa shape index (κ2) is 8.08. The van der Waals surface area contributed by atoms with E-state index in [0.29, 0.717) is 0 Å². The lowest BCUT2D eigenvalue weighted by Crippen LogP contribution is -2.48. The number of hydrogen-bond acceptors (Lipinski definition) is 5. The molecule has 25 heavy (non-hydrogen) atoms. The van der Waals surface area contributed by atoms with Crippen molar-refractivity contribution in [2.75, 3.05) is 58.3 Å². The molecule has 0 unspecified atom stereocenters. The number of hydrogen-bond donors (Lipinski definition) is 0. The predicted octanol–water partition coefficient (Wildman–Crippen LogP) is 2.62. The SMILES string of the molecule is CN(C)CCN1CCN(c2nccnc2-c2ccc(F)c(Cl)c2)CC1. The molecule has 0 aliphatic carbocycles. The van der Waals surface area contributed by atoms with E-state index in [-0.39, 0.29) is 5.02 Å². The second-order valence-corrected chi connectivity index (χ2v) is 6.90. The Kier molecular flexibility index (Phi) is 5.83. The van der Waals surface area contributed by atoms with Crippen LogP contribution in [-0.4, -0.2) is 73.1 Å². The molecule has 1 aromatic heterocycles. The highest BCUT2D eigenvalue weighted by atomic mass is 35.5. The van der Waals surface area contributed by atoms with Crippen LogP contribution in [0.1, 0.15) is 0 Å². The highest BCUT2D eigenvalue weighted by Crippen LogP contribution is 2.30. The monoisotopic (exact) mass is 363 g/mol. The third-order valence-electron chi connectivity index (χ3n) is 4.41. The molecule has 0 N–H and O–H groups in total. The summed E-state index contributed by atoms with van der Waals surface area (Å²) in [5.74, 6) is 0.405. The first-order valence-corrected chi connectivity index (χ1v) is 8.81. The highest BCUT2D eigenvalue weighted by molar-refractivity contribution is 6.31. The van der Waals surface area contributed by atoms with Gasteiger partial charge in [0.15, 0.2) is 5.82 Å². The minimum atomic E-state index is -0.426. The molecular formula is C18H23ClFN5. The number of rotatable bonds is 5. The molecule has 0 radical (unpaired) electrons. The summed E-state index contributed by atoms with van der Waals surface area (Å²) in [7, 11) is 4.19. The van der Waals surface area contributed by atoms with Crippen molar-refractivity contribution in [2.45, 2.75) is 0 Å². The van der Waals surface area contributed by atoms with Gasteiger partial charge in [-0.1, -0.05) is 11.6 Å². The Bertz CT molecular complexity index is 716. The zero-order chi connectivity index (χ0) is 17.8.